The summed E-state index contributed by atoms with van der Waals surface area (Å²) >= 11 is 3.94. The van der Waals surface area contributed by atoms with Crippen molar-refractivity contribution in [3.05, 3.63) is 0 Å². The Morgan fingerprint density at radius 2 is 2.24 bits per heavy atom. The first-order chi connectivity index (χ1) is 8.18. The second kappa shape index (κ2) is 6.34. The molecule has 98 valence electrons. The third-order valence-electron chi connectivity index (χ3n) is 3.62. The average molecular weight is 274 g/mol. The maximum absolute atomic E-state index is 12.3. The van der Waals surface area contributed by atoms with Crippen LogP contribution in [-0.2, 0) is 4.79 Å². The SMILES string of the molecule is CC1SCCN(C(=O)CC2CSCCN2)C1C. The lowest BCUT2D eigenvalue weighted by atomic mass is 10.1. The number of carbonyl (C=O) groups excluding carboxylic acids is 1. The lowest BCUT2D eigenvalue weighted by molar-refractivity contribution is -0.133. The first-order valence-corrected chi connectivity index (χ1v) is 8.61. The van der Waals surface area contributed by atoms with E-state index in [-0.39, 0.29) is 0 Å². The zero-order valence-corrected chi connectivity index (χ0v) is 12.3. The molecule has 0 aliphatic carbocycles. The molecular weight excluding hydrogens is 252 g/mol. The van der Waals surface area contributed by atoms with Gasteiger partial charge in [0.05, 0.1) is 0 Å². The summed E-state index contributed by atoms with van der Waals surface area (Å²) in [7, 11) is 0. The molecule has 2 heterocycles. The molecule has 1 amide bonds. The molecule has 5 heteroatoms. The Labute approximate surface area is 112 Å². The summed E-state index contributed by atoms with van der Waals surface area (Å²) in [5.74, 6) is 3.69. The normalized spacial score (nSPS) is 34.7. The Kier molecular flexibility index (Phi) is 5.06. The fourth-order valence-corrected chi connectivity index (χ4v) is 4.41. The summed E-state index contributed by atoms with van der Waals surface area (Å²) in [6.07, 6.45) is 0.675. The van der Waals surface area contributed by atoms with Gasteiger partial charge in [0, 0.05) is 54.1 Å². The Morgan fingerprint density at radius 3 is 2.94 bits per heavy atom. The van der Waals surface area contributed by atoms with Crippen LogP contribution in [0.3, 0.4) is 0 Å². The highest BCUT2D eigenvalue weighted by atomic mass is 32.2. The molecule has 3 nitrogen and oxygen atoms in total. The van der Waals surface area contributed by atoms with Crippen molar-refractivity contribution in [2.45, 2.75) is 37.6 Å². The number of carbonyl (C=O) groups is 1. The van der Waals surface area contributed by atoms with Gasteiger partial charge in [0.1, 0.15) is 0 Å². The highest BCUT2D eigenvalue weighted by Gasteiger charge is 2.30. The average Bonchev–Trinajstić information content (AvgIpc) is 2.34. The van der Waals surface area contributed by atoms with E-state index in [9.17, 15) is 4.79 Å². The van der Waals surface area contributed by atoms with E-state index in [1.165, 1.54) is 5.75 Å². The van der Waals surface area contributed by atoms with Crippen LogP contribution in [0.1, 0.15) is 20.3 Å². The fourth-order valence-electron chi connectivity index (χ4n) is 2.36. The van der Waals surface area contributed by atoms with Crippen molar-refractivity contribution in [1.29, 1.82) is 0 Å². The molecule has 0 aromatic carbocycles. The second-order valence-corrected chi connectivity index (χ2v) is 7.47. The minimum absolute atomic E-state index is 0.338. The van der Waals surface area contributed by atoms with E-state index in [4.69, 9.17) is 0 Å². The molecule has 2 rings (SSSR count). The first-order valence-electron chi connectivity index (χ1n) is 6.40. The van der Waals surface area contributed by atoms with E-state index in [1.807, 2.05) is 23.5 Å². The number of amides is 1. The Morgan fingerprint density at radius 1 is 1.41 bits per heavy atom. The van der Waals surface area contributed by atoms with E-state index >= 15 is 0 Å². The van der Waals surface area contributed by atoms with Crippen LogP contribution < -0.4 is 5.32 Å². The summed E-state index contributed by atoms with van der Waals surface area (Å²) in [4.78, 5) is 14.4. The van der Waals surface area contributed by atoms with Gasteiger partial charge in [0.2, 0.25) is 5.91 Å². The van der Waals surface area contributed by atoms with Gasteiger partial charge in [0.15, 0.2) is 0 Å². The predicted octanol–water partition coefficient (Wildman–Crippen LogP) is 1.43. The molecule has 0 aromatic heterocycles. The van der Waals surface area contributed by atoms with Gasteiger partial charge in [-0.15, -0.1) is 0 Å². The summed E-state index contributed by atoms with van der Waals surface area (Å²) in [5, 5.41) is 4.01. The molecule has 2 aliphatic heterocycles. The van der Waals surface area contributed by atoms with Gasteiger partial charge in [-0.25, -0.2) is 0 Å². The predicted molar refractivity (Wildman–Crippen MR) is 76.8 cm³/mol. The summed E-state index contributed by atoms with van der Waals surface area (Å²) in [6, 6.07) is 0.774. The molecule has 0 saturated carbocycles. The van der Waals surface area contributed by atoms with E-state index in [0.717, 1.165) is 24.6 Å². The Balaban J connectivity index is 1.85. The van der Waals surface area contributed by atoms with Gasteiger partial charge in [-0.1, -0.05) is 6.92 Å². The zero-order chi connectivity index (χ0) is 12.3. The molecule has 3 unspecified atom stereocenters. The first kappa shape index (κ1) is 13.6. The molecule has 0 aromatic rings. The lowest BCUT2D eigenvalue weighted by Crippen LogP contribution is -2.50. The quantitative estimate of drug-likeness (QED) is 0.826. The highest BCUT2D eigenvalue weighted by Crippen LogP contribution is 2.25. The number of rotatable bonds is 2. The minimum Gasteiger partial charge on any atom is -0.338 e. The largest absolute Gasteiger partial charge is 0.338 e. The number of hydrogen-bond donors (Lipinski definition) is 1. The molecule has 2 fully saturated rings. The van der Waals surface area contributed by atoms with Crippen molar-refractivity contribution in [2.24, 2.45) is 0 Å². The van der Waals surface area contributed by atoms with Crippen molar-refractivity contribution >= 4 is 29.4 Å². The van der Waals surface area contributed by atoms with Crippen molar-refractivity contribution < 1.29 is 4.79 Å². The molecule has 2 aliphatic rings. The molecule has 1 N–H and O–H groups in total. The third kappa shape index (κ3) is 3.55. The molecule has 17 heavy (non-hydrogen) atoms. The zero-order valence-electron chi connectivity index (χ0n) is 10.6. The van der Waals surface area contributed by atoms with Crippen LogP contribution in [0.15, 0.2) is 0 Å². The maximum Gasteiger partial charge on any atom is 0.224 e. The van der Waals surface area contributed by atoms with Crippen molar-refractivity contribution in [2.75, 3.05) is 30.3 Å². The molecule has 0 bridgehead atoms. The Hall–Kier alpha value is 0.130. The molecule has 3 atom stereocenters. The second-order valence-electron chi connectivity index (χ2n) is 4.83. The topological polar surface area (TPSA) is 32.3 Å². The van der Waals surface area contributed by atoms with E-state index in [2.05, 4.69) is 24.1 Å². The van der Waals surface area contributed by atoms with Crippen LogP contribution in [-0.4, -0.2) is 58.5 Å². The number of nitrogens with zero attached hydrogens (tertiary/aromatic N) is 1. The van der Waals surface area contributed by atoms with Gasteiger partial charge in [-0.3, -0.25) is 4.79 Å². The van der Waals surface area contributed by atoms with Crippen LogP contribution in [0.4, 0.5) is 0 Å². The van der Waals surface area contributed by atoms with Crippen molar-refractivity contribution in [1.82, 2.24) is 10.2 Å². The number of hydrogen-bond acceptors (Lipinski definition) is 4. The lowest BCUT2D eigenvalue weighted by Gasteiger charge is -2.38. The van der Waals surface area contributed by atoms with Crippen LogP contribution in [0.2, 0.25) is 0 Å². The van der Waals surface area contributed by atoms with Crippen LogP contribution in [0.5, 0.6) is 0 Å². The highest BCUT2D eigenvalue weighted by molar-refractivity contribution is 8.00. The van der Waals surface area contributed by atoms with Gasteiger partial charge in [-0.05, 0) is 6.92 Å². The monoisotopic (exact) mass is 274 g/mol. The van der Waals surface area contributed by atoms with E-state index < -0.39 is 0 Å². The molecule has 0 radical (unpaired) electrons. The fraction of sp³-hybridized carbons (Fsp3) is 0.917. The standard InChI is InChI=1S/C12H22N2OS2/c1-9-10(2)17-6-4-14(9)12(15)7-11-8-16-5-3-13-11/h9-11,13H,3-8H2,1-2H3. The molecule has 0 spiro atoms. The van der Waals surface area contributed by atoms with E-state index in [1.54, 1.807) is 0 Å². The summed E-state index contributed by atoms with van der Waals surface area (Å²) in [5.41, 5.74) is 0. The van der Waals surface area contributed by atoms with Gasteiger partial charge < -0.3 is 10.2 Å². The minimum atomic E-state index is 0.338. The number of thioether (sulfide) groups is 2. The van der Waals surface area contributed by atoms with Crippen molar-refractivity contribution in [3.8, 4) is 0 Å². The Bertz CT molecular complexity index is 269. The van der Waals surface area contributed by atoms with Gasteiger partial charge in [-0.2, -0.15) is 23.5 Å². The van der Waals surface area contributed by atoms with Crippen LogP contribution in [0.25, 0.3) is 0 Å². The van der Waals surface area contributed by atoms with Gasteiger partial charge >= 0.3 is 0 Å². The van der Waals surface area contributed by atoms with Crippen LogP contribution in [0, 0.1) is 0 Å². The third-order valence-corrected chi connectivity index (χ3v) is 6.09. The smallest absolute Gasteiger partial charge is 0.224 e. The summed E-state index contributed by atoms with van der Waals surface area (Å²) < 4.78 is 0. The maximum atomic E-state index is 12.3. The van der Waals surface area contributed by atoms with Crippen molar-refractivity contribution in [3.63, 3.8) is 0 Å². The van der Waals surface area contributed by atoms with Gasteiger partial charge in [0.25, 0.3) is 0 Å². The molecular formula is C12H22N2OS2. The molecule has 2 saturated heterocycles. The van der Waals surface area contributed by atoms with E-state index in [0.29, 0.717) is 29.7 Å². The van der Waals surface area contributed by atoms with Crippen LogP contribution >= 0.6 is 23.5 Å². The number of nitrogens with one attached hydrogen (secondary N) is 1. The summed E-state index contributed by atoms with van der Waals surface area (Å²) in [6.45, 7) is 6.38.